The third-order valence-corrected chi connectivity index (χ3v) is 4.52. The molecule has 0 aliphatic rings. The fourth-order valence-electron chi connectivity index (χ4n) is 2.55. The van der Waals surface area contributed by atoms with Gasteiger partial charge in [-0.25, -0.2) is 9.18 Å². The van der Waals surface area contributed by atoms with E-state index in [-0.39, 0.29) is 18.0 Å². The van der Waals surface area contributed by atoms with Crippen LogP contribution in [0.5, 0.6) is 5.75 Å². The molecule has 28 heavy (non-hydrogen) atoms. The van der Waals surface area contributed by atoms with E-state index >= 15 is 0 Å². The Morgan fingerprint density at radius 2 is 1.68 bits per heavy atom. The Kier molecular flexibility index (Phi) is 6.39. The van der Waals surface area contributed by atoms with Gasteiger partial charge in [-0.3, -0.25) is 0 Å². The summed E-state index contributed by atoms with van der Waals surface area (Å²) >= 11 is 12.6. The highest BCUT2D eigenvalue weighted by Gasteiger charge is 2.11. The van der Waals surface area contributed by atoms with Crippen LogP contribution in [0, 0.1) is 5.82 Å². The van der Waals surface area contributed by atoms with E-state index in [0.717, 1.165) is 11.1 Å². The molecular weight excluding hydrogens is 404 g/mol. The Labute approximate surface area is 171 Å². The van der Waals surface area contributed by atoms with E-state index in [1.807, 2.05) is 0 Å². The molecule has 0 atom stereocenters. The minimum absolute atomic E-state index is 0.200. The van der Waals surface area contributed by atoms with Gasteiger partial charge in [0.25, 0.3) is 0 Å². The SMILES string of the molecule is O=C(O)c1cccc(NCc2cc(Cl)c(OCc3ccc(F)cc3)c(Cl)c2)c1. The molecule has 0 saturated carbocycles. The second-order valence-corrected chi connectivity index (χ2v) is 6.86. The summed E-state index contributed by atoms with van der Waals surface area (Å²) in [4.78, 5) is 11.0. The fraction of sp³-hybridized carbons (Fsp3) is 0.0952. The first kappa shape index (κ1) is 20.0. The van der Waals surface area contributed by atoms with Crippen molar-refractivity contribution in [2.75, 3.05) is 5.32 Å². The first-order chi connectivity index (χ1) is 13.4. The van der Waals surface area contributed by atoms with Gasteiger partial charge in [0.05, 0.1) is 15.6 Å². The van der Waals surface area contributed by atoms with Crippen LogP contribution in [0.2, 0.25) is 10.0 Å². The molecule has 0 amide bonds. The van der Waals surface area contributed by atoms with Gasteiger partial charge in [-0.2, -0.15) is 0 Å². The van der Waals surface area contributed by atoms with Gasteiger partial charge in [0, 0.05) is 12.2 Å². The highest BCUT2D eigenvalue weighted by atomic mass is 35.5. The van der Waals surface area contributed by atoms with Crippen LogP contribution in [0.25, 0.3) is 0 Å². The maximum absolute atomic E-state index is 13.0. The standard InChI is InChI=1S/C21H16Cl2FNO3/c22-18-8-14(11-25-17-3-1-2-15(10-17)21(26)27)9-19(23)20(18)28-12-13-4-6-16(24)7-5-13/h1-10,25H,11-12H2,(H,26,27). The average Bonchev–Trinajstić information content (AvgIpc) is 2.67. The van der Waals surface area contributed by atoms with E-state index in [1.165, 1.54) is 18.2 Å². The minimum atomic E-state index is -0.989. The van der Waals surface area contributed by atoms with E-state index in [9.17, 15) is 9.18 Å². The van der Waals surface area contributed by atoms with Gasteiger partial charge >= 0.3 is 5.97 Å². The number of aromatic carboxylic acids is 1. The Morgan fingerprint density at radius 3 is 2.32 bits per heavy atom. The first-order valence-corrected chi connectivity index (χ1v) is 9.10. The molecular formula is C21H16Cl2FNO3. The number of halogens is 3. The van der Waals surface area contributed by atoms with Gasteiger partial charge in [-0.1, -0.05) is 41.4 Å². The van der Waals surface area contributed by atoms with Crippen molar-refractivity contribution >= 4 is 34.9 Å². The van der Waals surface area contributed by atoms with Crippen LogP contribution >= 0.6 is 23.2 Å². The van der Waals surface area contributed by atoms with Crippen LogP contribution in [0.15, 0.2) is 60.7 Å². The van der Waals surface area contributed by atoms with E-state index in [2.05, 4.69) is 5.32 Å². The van der Waals surface area contributed by atoms with E-state index in [0.29, 0.717) is 28.0 Å². The Hall–Kier alpha value is -2.76. The maximum atomic E-state index is 13.0. The molecule has 0 aliphatic carbocycles. The largest absolute Gasteiger partial charge is 0.486 e. The smallest absolute Gasteiger partial charge is 0.335 e. The summed E-state index contributed by atoms with van der Waals surface area (Å²) in [7, 11) is 0. The van der Waals surface area contributed by atoms with Gasteiger partial charge < -0.3 is 15.2 Å². The van der Waals surface area contributed by atoms with Crippen LogP contribution in [-0.4, -0.2) is 11.1 Å². The monoisotopic (exact) mass is 419 g/mol. The van der Waals surface area contributed by atoms with Crippen molar-refractivity contribution < 1.29 is 19.0 Å². The summed E-state index contributed by atoms with van der Waals surface area (Å²) in [6, 6.07) is 15.9. The van der Waals surface area contributed by atoms with Crippen molar-refractivity contribution in [1.29, 1.82) is 0 Å². The van der Waals surface area contributed by atoms with Crippen molar-refractivity contribution in [3.8, 4) is 5.75 Å². The number of benzene rings is 3. The van der Waals surface area contributed by atoms with Crippen molar-refractivity contribution in [2.45, 2.75) is 13.2 Å². The highest BCUT2D eigenvalue weighted by Crippen LogP contribution is 2.35. The molecule has 0 fully saturated rings. The summed E-state index contributed by atoms with van der Waals surface area (Å²) in [5.41, 5.74) is 2.47. The molecule has 3 aromatic carbocycles. The van der Waals surface area contributed by atoms with Crippen LogP contribution in [-0.2, 0) is 13.2 Å². The number of rotatable bonds is 7. The van der Waals surface area contributed by atoms with Gasteiger partial charge in [0.1, 0.15) is 12.4 Å². The van der Waals surface area contributed by atoms with Gasteiger partial charge in [0.2, 0.25) is 0 Å². The molecule has 0 bridgehead atoms. The second kappa shape index (κ2) is 8.95. The summed E-state index contributed by atoms with van der Waals surface area (Å²) < 4.78 is 18.6. The molecule has 0 aliphatic heterocycles. The number of hydrogen-bond acceptors (Lipinski definition) is 3. The highest BCUT2D eigenvalue weighted by molar-refractivity contribution is 6.37. The summed E-state index contributed by atoms with van der Waals surface area (Å²) in [6.45, 7) is 0.611. The molecule has 7 heteroatoms. The van der Waals surface area contributed by atoms with Crippen LogP contribution < -0.4 is 10.1 Å². The number of anilines is 1. The van der Waals surface area contributed by atoms with E-state index in [4.69, 9.17) is 33.0 Å². The Bertz CT molecular complexity index is 970. The first-order valence-electron chi connectivity index (χ1n) is 8.35. The van der Waals surface area contributed by atoms with Crippen molar-refractivity contribution in [1.82, 2.24) is 0 Å². The Balaban J connectivity index is 1.66. The number of nitrogens with one attached hydrogen (secondary N) is 1. The molecule has 2 N–H and O–H groups in total. The predicted octanol–water partition coefficient (Wildman–Crippen LogP) is 6.02. The molecule has 0 spiro atoms. The normalized spacial score (nSPS) is 10.5. The lowest BCUT2D eigenvalue weighted by Crippen LogP contribution is -2.03. The van der Waals surface area contributed by atoms with Crippen molar-refractivity contribution in [3.05, 3.63) is 93.2 Å². The summed E-state index contributed by atoms with van der Waals surface area (Å²) in [5.74, 6) is -0.952. The van der Waals surface area contributed by atoms with Gasteiger partial charge in [0.15, 0.2) is 5.75 Å². The molecule has 144 valence electrons. The topological polar surface area (TPSA) is 58.6 Å². The molecule has 3 aromatic rings. The lowest BCUT2D eigenvalue weighted by atomic mass is 10.1. The van der Waals surface area contributed by atoms with E-state index in [1.54, 1.807) is 42.5 Å². The summed E-state index contributed by atoms with van der Waals surface area (Å²) in [5, 5.41) is 12.9. The third kappa shape index (κ3) is 5.15. The quantitative estimate of drug-likeness (QED) is 0.491. The molecule has 0 radical (unpaired) electrons. The lowest BCUT2D eigenvalue weighted by molar-refractivity contribution is 0.0697. The Morgan fingerprint density at radius 1 is 1.00 bits per heavy atom. The van der Waals surface area contributed by atoms with Crippen LogP contribution in [0.3, 0.4) is 0 Å². The number of carbonyl (C=O) groups is 1. The fourth-order valence-corrected chi connectivity index (χ4v) is 3.20. The lowest BCUT2D eigenvalue weighted by Gasteiger charge is -2.13. The minimum Gasteiger partial charge on any atom is -0.486 e. The predicted molar refractivity (Wildman–Crippen MR) is 108 cm³/mol. The third-order valence-electron chi connectivity index (χ3n) is 3.96. The number of ether oxygens (including phenoxy) is 1. The van der Waals surface area contributed by atoms with Crippen molar-refractivity contribution in [3.63, 3.8) is 0 Å². The number of carboxylic acids is 1. The van der Waals surface area contributed by atoms with Crippen molar-refractivity contribution in [2.24, 2.45) is 0 Å². The van der Waals surface area contributed by atoms with Crippen LogP contribution in [0.1, 0.15) is 21.5 Å². The zero-order valence-electron chi connectivity index (χ0n) is 14.6. The molecule has 4 nitrogen and oxygen atoms in total. The van der Waals surface area contributed by atoms with Gasteiger partial charge in [-0.15, -0.1) is 0 Å². The zero-order valence-corrected chi connectivity index (χ0v) is 16.1. The molecule has 0 saturated heterocycles. The van der Waals surface area contributed by atoms with E-state index < -0.39 is 5.97 Å². The maximum Gasteiger partial charge on any atom is 0.335 e. The molecule has 0 unspecified atom stereocenters. The van der Waals surface area contributed by atoms with Gasteiger partial charge in [-0.05, 0) is 53.6 Å². The number of carboxylic acid groups (broad SMARTS) is 1. The molecule has 0 aromatic heterocycles. The second-order valence-electron chi connectivity index (χ2n) is 6.04. The van der Waals surface area contributed by atoms with Crippen LogP contribution in [0.4, 0.5) is 10.1 Å². The summed E-state index contributed by atoms with van der Waals surface area (Å²) in [6.07, 6.45) is 0. The average molecular weight is 420 g/mol. The number of hydrogen-bond donors (Lipinski definition) is 2. The zero-order chi connectivity index (χ0) is 20.1. The molecule has 3 rings (SSSR count). The molecule has 0 heterocycles.